The molecule has 0 saturated carbocycles. The Kier molecular flexibility index (Phi) is 4.71. The van der Waals surface area contributed by atoms with Crippen molar-refractivity contribution in [1.82, 2.24) is 4.98 Å². The van der Waals surface area contributed by atoms with Crippen molar-refractivity contribution in [2.45, 2.75) is 26.4 Å². The summed E-state index contributed by atoms with van der Waals surface area (Å²) in [6.45, 7) is 2.60. The number of hydrogen-bond donors (Lipinski definition) is 1. The molecule has 0 amide bonds. The SMILES string of the molecule is CCCc1ccc(COc2ccc(C(=O)O)nc2)cc1. The molecule has 1 aromatic heterocycles. The van der Waals surface area contributed by atoms with Crippen molar-refractivity contribution >= 4 is 5.97 Å². The molecule has 0 atom stereocenters. The molecule has 0 aliphatic rings. The molecule has 1 heterocycles. The van der Waals surface area contributed by atoms with Crippen LogP contribution in [0.1, 0.15) is 35.0 Å². The lowest BCUT2D eigenvalue weighted by Gasteiger charge is -2.07. The molecule has 104 valence electrons. The van der Waals surface area contributed by atoms with E-state index in [1.54, 1.807) is 6.07 Å². The van der Waals surface area contributed by atoms with Crippen LogP contribution in [0.3, 0.4) is 0 Å². The fourth-order valence-electron chi connectivity index (χ4n) is 1.85. The van der Waals surface area contributed by atoms with Gasteiger partial charge in [-0.1, -0.05) is 37.6 Å². The van der Waals surface area contributed by atoms with Gasteiger partial charge >= 0.3 is 5.97 Å². The summed E-state index contributed by atoms with van der Waals surface area (Å²) < 4.78 is 5.57. The van der Waals surface area contributed by atoms with E-state index in [1.807, 2.05) is 12.1 Å². The van der Waals surface area contributed by atoms with Gasteiger partial charge in [0, 0.05) is 0 Å². The maximum atomic E-state index is 10.7. The van der Waals surface area contributed by atoms with Crippen LogP contribution in [0.2, 0.25) is 0 Å². The molecule has 1 aromatic carbocycles. The van der Waals surface area contributed by atoms with Crippen molar-refractivity contribution in [2.75, 3.05) is 0 Å². The number of nitrogens with zero attached hydrogens (tertiary/aromatic N) is 1. The molecule has 20 heavy (non-hydrogen) atoms. The summed E-state index contributed by atoms with van der Waals surface area (Å²) in [5.41, 5.74) is 2.41. The minimum Gasteiger partial charge on any atom is -0.487 e. The highest BCUT2D eigenvalue weighted by Gasteiger charge is 2.04. The van der Waals surface area contributed by atoms with Crippen LogP contribution in [0.4, 0.5) is 0 Å². The maximum Gasteiger partial charge on any atom is 0.354 e. The van der Waals surface area contributed by atoms with Crippen molar-refractivity contribution in [3.8, 4) is 5.75 Å². The maximum absolute atomic E-state index is 10.7. The molecule has 4 heteroatoms. The van der Waals surface area contributed by atoms with E-state index < -0.39 is 5.97 Å². The monoisotopic (exact) mass is 271 g/mol. The van der Waals surface area contributed by atoms with E-state index in [9.17, 15) is 4.79 Å². The largest absolute Gasteiger partial charge is 0.487 e. The van der Waals surface area contributed by atoms with Gasteiger partial charge in [-0.3, -0.25) is 0 Å². The number of ether oxygens (including phenoxy) is 1. The number of rotatable bonds is 6. The van der Waals surface area contributed by atoms with Crippen LogP contribution < -0.4 is 4.74 Å². The Morgan fingerprint density at radius 1 is 1.15 bits per heavy atom. The highest BCUT2D eigenvalue weighted by molar-refractivity contribution is 5.85. The highest BCUT2D eigenvalue weighted by atomic mass is 16.5. The molecule has 0 aliphatic carbocycles. The van der Waals surface area contributed by atoms with Gasteiger partial charge in [0.1, 0.15) is 18.1 Å². The zero-order valence-corrected chi connectivity index (χ0v) is 11.4. The smallest absolute Gasteiger partial charge is 0.354 e. The molecule has 0 spiro atoms. The zero-order chi connectivity index (χ0) is 14.4. The summed E-state index contributed by atoms with van der Waals surface area (Å²) >= 11 is 0. The van der Waals surface area contributed by atoms with Gasteiger partial charge in [-0.05, 0) is 29.7 Å². The summed E-state index contributed by atoms with van der Waals surface area (Å²) in [6.07, 6.45) is 3.65. The van der Waals surface area contributed by atoms with Crippen molar-refractivity contribution < 1.29 is 14.6 Å². The fraction of sp³-hybridized carbons (Fsp3) is 0.250. The van der Waals surface area contributed by atoms with Gasteiger partial charge in [0.25, 0.3) is 0 Å². The molecule has 2 rings (SSSR count). The first-order valence-corrected chi connectivity index (χ1v) is 6.59. The number of aromatic nitrogens is 1. The molecule has 0 unspecified atom stereocenters. The molecule has 0 radical (unpaired) electrons. The molecular weight excluding hydrogens is 254 g/mol. The first kappa shape index (κ1) is 14.1. The lowest BCUT2D eigenvalue weighted by molar-refractivity contribution is 0.0690. The average Bonchev–Trinajstić information content (AvgIpc) is 2.47. The second kappa shape index (κ2) is 6.70. The summed E-state index contributed by atoms with van der Waals surface area (Å²) in [5, 5.41) is 8.75. The number of aryl methyl sites for hydroxylation is 1. The predicted molar refractivity (Wildman–Crippen MR) is 76.0 cm³/mol. The lowest BCUT2D eigenvalue weighted by Crippen LogP contribution is -2.01. The standard InChI is InChI=1S/C16H17NO3/c1-2-3-12-4-6-13(7-5-12)11-20-14-8-9-15(16(18)19)17-10-14/h4-10H,2-3,11H2,1H3,(H,18,19). The van der Waals surface area contributed by atoms with Crippen LogP contribution in [0.15, 0.2) is 42.6 Å². The van der Waals surface area contributed by atoms with Gasteiger partial charge in [-0.25, -0.2) is 9.78 Å². The van der Waals surface area contributed by atoms with E-state index in [-0.39, 0.29) is 5.69 Å². The van der Waals surface area contributed by atoms with E-state index in [2.05, 4.69) is 24.0 Å². The number of carbonyl (C=O) groups is 1. The first-order valence-electron chi connectivity index (χ1n) is 6.59. The van der Waals surface area contributed by atoms with Crippen molar-refractivity contribution in [3.05, 3.63) is 59.4 Å². The highest BCUT2D eigenvalue weighted by Crippen LogP contribution is 2.13. The van der Waals surface area contributed by atoms with Crippen molar-refractivity contribution in [2.24, 2.45) is 0 Å². The normalized spacial score (nSPS) is 10.2. The number of carboxylic acids is 1. The van der Waals surface area contributed by atoms with Gasteiger partial charge in [0.15, 0.2) is 0 Å². The third-order valence-electron chi connectivity index (χ3n) is 2.92. The second-order valence-electron chi connectivity index (χ2n) is 4.54. The molecule has 0 saturated heterocycles. The van der Waals surface area contributed by atoms with Gasteiger partial charge in [-0.15, -0.1) is 0 Å². The zero-order valence-electron chi connectivity index (χ0n) is 11.4. The van der Waals surface area contributed by atoms with Gasteiger partial charge in [0.05, 0.1) is 6.20 Å². The van der Waals surface area contributed by atoms with E-state index in [4.69, 9.17) is 9.84 Å². The minimum atomic E-state index is -1.04. The summed E-state index contributed by atoms with van der Waals surface area (Å²) in [6, 6.07) is 11.3. The van der Waals surface area contributed by atoms with Crippen LogP contribution in [0, 0.1) is 0 Å². The number of pyridine rings is 1. The van der Waals surface area contributed by atoms with Gasteiger partial charge < -0.3 is 9.84 Å². The third kappa shape index (κ3) is 3.82. The molecule has 1 N–H and O–H groups in total. The quantitative estimate of drug-likeness (QED) is 0.875. The van der Waals surface area contributed by atoms with Crippen LogP contribution >= 0.6 is 0 Å². The van der Waals surface area contributed by atoms with E-state index in [1.165, 1.54) is 17.8 Å². The number of hydrogen-bond acceptors (Lipinski definition) is 3. The predicted octanol–water partition coefficient (Wildman–Crippen LogP) is 3.31. The van der Waals surface area contributed by atoms with E-state index in [0.29, 0.717) is 12.4 Å². The molecule has 0 fully saturated rings. The van der Waals surface area contributed by atoms with Crippen LogP contribution in [0.25, 0.3) is 0 Å². The Labute approximate surface area is 118 Å². The van der Waals surface area contributed by atoms with Crippen LogP contribution in [-0.4, -0.2) is 16.1 Å². The third-order valence-corrected chi connectivity index (χ3v) is 2.92. The molecule has 0 bridgehead atoms. The molecular formula is C16H17NO3. The van der Waals surface area contributed by atoms with E-state index in [0.717, 1.165) is 18.4 Å². The lowest BCUT2D eigenvalue weighted by atomic mass is 10.1. The Morgan fingerprint density at radius 3 is 2.40 bits per heavy atom. The Balaban J connectivity index is 1.92. The number of carboxylic acid groups (broad SMARTS) is 1. The molecule has 4 nitrogen and oxygen atoms in total. The number of aromatic carboxylic acids is 1. The summed E-state index contributed by atoms with van der Waals surface area (Å²) in [7, 11) is 0. The first-order chi connectivity index (χ1) is 9.69. The fourth-order valence-corrected chi connectivity index (χ4v) is 1.85. The Bertz CT molecular complexity index is 561. The van der Waals surface area contributed by atoms with E-state index >= 15 is 0 Å². The minimum absolute atomic E-state index is 0.0151. The van der Waals surface area contributed by atoms with Crippen molar-refractivity contribution in [3.63, 3.8) is 0 Å². The second-order valence-corrected chi connectivity index (χ2v) is 4.54. The van der Waals surface area contributed by atoms with Crippen LogP contribution in [-0.2, 0) is 13.0 Å². The summed E-state index contributed by atoms with van der Waals surface area (Å²) in [4.78, 5) is 14.5. The van der Waals surface area contributed by atoms with Gasteiger partial charge in [-0.2, -0.15) is 0 Å². The Morgan fingerprint density at radius 2 is 1.85 bits per heavy atom. The summed E-state index contributed by atoms with van der Waals surface area (Å²) in [5.74, 6) is -0.476. The molecule has 2 aromatic rings. The topological polar surface area (TPSA) is 59.4 Å². The molecule has 0 aliphatic heterocycles. The average molecular weight is 271 g/mol. The number of benzene rings is 1. The Hall–Kier alpha value is -2.36. The van der Waals surface area contributed by atoms with Gasteiger partial charge in [0.2, 0.25) is 0 Å². The van der Waals surface area contributed by atoms with Crippen molar-refractivity contribution in [1.29, 1.82) is 0 Å². The van der Waals surface area contributed by atoms with Crippen LogP contribution in [0.5, 0.6) is 5.75 Å².